The topological polar surface area (TPSA) is 89.5 Å². The number of para-hydroxylation sites is 1. The van der Waals surface area contributed by atoms with Gasteiger partial charge in [0.25, 0.3) is 0 Å². The third-order valence-corrected chi connectivity index (χ3v) is 5.24. The summed E-state index contributed by atoms with van der Waals surface area (Å²) >= 11 is 0. The first-order chi connectivity index (χ1) is 15.9. The highest BCUT2D eigenvalue weighted by molar-refractivity contribution is 5.88. The van der Waals surface area contributed by atoms with E-state index in [2.05, 4.69) is 20.3 Å². The molecule has 3 aromatic rings. The maximum absolute atomic E-state index is 14.7. The first kappa shape index (κ1) is 22.4. The van der Waals surface area contributed by atoms with Crippen molar-refractivity contribution in [2.24, 2.45) is 0 Å². The van der Waals surface area contributed by atoms with Crippen LogP contribution in [0.25, 0.3) is 0 Å². The van der Waals surface area contributed by atoms with Crippen LogP contribution in [0.2, 0.25) is 0 Å². The summed E-state index contributed by atoms with van der Waals surface area (Å²) < 4.78 is 39.5. The number of halogens is 2. The fourth-order valence-corrected chi connectivity index (χ4v) is 3.52. The summed E-state index contributed by atoms with van der Waals surface area (Å²) in [6.45, 7) is 5.60. The van der Waals surface area contributed by atoms with Gasteiger partial charge in [-0.15, -0.1) is 0 Å². The monoisotopic (exact) mass is 455 g/mol. The molecule has 0 unspecified atom stereocenters. The SMILES string of the molecule is CC[C@H]1COC(=O)N1c1nc(C)nc(N[C@@H](C)c2ccc(F)c(F)c2Oc2ccccc2)n1. The van der Waals surface area contributed by atoms with Crippen molar-refractivity contribution in [1.29, 1.82) is 0 Å². The maximum Gasteiger partial charge on any atom is 0.417 e. The summed E-state index contributed by atoms with van der Waals surface area (Å²) in [4.78, 5) is 26.5. The zero-order valence-electron chi connectivity index (χ0n) is 18.4. The van der Waals surface area contributed by atoms with Gasteiger partial charge in [0.15, 0.2) is 11.6 Å². The Bertz CT molecular complexity index is 1160. The molecule has 172 valence electrons. The molecule has 1 aliphatic heterocycles. The highest BCUT2D eigenvalue weighted by Gasteiger charge is 2.35. The fraction of sp³-hybridized carbons (Fsp3) is 0.304. The van der Waals surface area contributed by atoms with Gasteiger partial charge in [-0.25, -0.2) is 14.1 Å². The Kier molecular flexibility index (Phi) is 6.34. The van der Waals surface area contributed by atoms with Crippen molar-refractivity contribution in [3.63, 3.8) is 0 Å². The second-order valence-electron chi connectivity index (χ2n) is 7.58. The normalized spacial score (nSPS) is 16.5. The first-order valence-corrected chi connectivity index (χ1v) is 10.5. The molecular weight excluding hydrogens is 432 g/mol. The number of anilines is 2. The molecule has 4 rings (SSSR count). The highest BCUT2D eigenvalue weighted by atomic mass is 19.2. The number of aryl methyl sites for hydroxylation is 1. The number of rotatable bonds is 7. The molecule has 1 saturated heterocycles. The van der Waals surface area contributed by atoms with Gasteiger partial charge in [0.2, 0.25) is 17.7 Å². The lowest BCUT2D eigenvalue weighted by Crippen LogP contribution is -2.34. The Morgan fingerprint density at radius 1 is 1.18 bits per heavy atom. The fourth-order valence-electron chi connectivity index (χ4n) is 3.52. The lowest BCUT2D eigenvalue weighted by molar-refractivity contribution is 0.178. The molecule has 10 heteroatoms. The van der Waals surface area contributed by atoms with E-state index < -0.39 is 23.8 Å². The summed E-state index contributed by atoms with van der Waals surface area (Å²) in [5.74, 6) is -1.26. The van der Waals surface area contributed by atoms with Crippen LogP contribution >= 0.6 is 0 Å². The molecule has 0 aliphatic carbocycles. The zero-order valence-corrected chi connectivity index (χ0v) is 18.4. The first-order valence-electron chi connectivity index (χ1n) is 10.5. The molecule has 0 bridgehead atoms. The molecule has 0 saturated carbocycles. The van der Waals surface area contributed by atoms with Crippen molar-refractivity contribution in [3.8, 4) is 11.5 Å². The van der Waals surface area contributed by atoms with E-state index in [4.69, 9.17) is 9.47 Å². The molecule has 2 atom stereocenters. The van der Waals surface area contributed by atoms with E-state index in [9.17, 15) is 13.6 Å². The Labute approximate surface area is 189 Å². The molecule has 0 radical (unpaired) electrons. The van der Waals surface area contributed by atoms with Crippen molar-refractivity contribution in [2.75, 3.05) is 16.8 Å². The second-order valence-corrected chi connectivity index (χ2v) is 7.58. The standard InChI is InChI=1S/C23H23F2N5O3/c1-4-15-12-32-23(31)30(15)22-28-14(3)27-21(29-22)26-13(2)17-10-11-18(24)19(25)20(17)33-16-8-6-5-7-9-16/h5-11,13,15H,4,12H2,1-3H3,(H,26,27,28,29)/t13-,15-/m0/s1. The summed E-state index contributed by atoms with van der Waals surface area (Å²) in [5.41, 5.74) is 0.365. The molecule has 1 N–H and O–H groups in total. The molecule has 2 aromatic carbocycles. The number of carbonyl (C=O) groups is 1. The van der Waals surface area contributed by atoms with Gasteiger partial charge in [-0.3, -0.25) is 0 Å². The number of benzene rings is 2. The minimum Gasteiger partial charge on any atom is -0.454 e. The van der Waals surface area contributed by atoms with Gasteiger partial charge in [-0.1, -0.05) is 31.2 Å². The number of hydrogen-bond donors (Lipinski definition) is 1. The van der Waals surface area contributed by atoms with Crippen LogP contribution in [0.5, 0.6) is 11.5 Å². The van der Waals surface area contributed by atoms with Crippen LogP contribution in [0.15, 0.2) is 42.5 Å². The van der Waals surface area contributed by atoms with Crippen LogP contribution in [0.3, 0.4) is 0 Å². The Hall–Kier alpha value is -3.82. The van der Waals surface area contributed by atoms with Crippen LogP contribution < -0.4 is 15.0 Å². The lowest BCUT2D eigenvalue weighted by atomic mass is 10.1. The number of ether oxygens (including phenoxy) is 2. The highest BCUT2D eigenvalue weighted by Crippen LogP contribution is 2.35. The summed E-state index contributed by atoms with van der Waals surface area (Å²) in [6, 6.07) is 10.3. The third-order valence-electron chi connectivity index (χ3n) is 5.24. The van der Waals surface area contributed by atoms with E-state index in [1.807, 2.05) is 6.92 Å². The van der Waals surface area contributed by atoms with Crippen molar-refractivity contribution in [1.82, 2.24) is 15.0 Å². The average molecular weight is 455 g/mol. The van der Waals surface area contributed by atoms with E-state index >= 15 is 0 Å². The van der Waals surface area contributed by atoms with Crippen molar-refractivity contribution in [3.05, 3.63) is 65.5 Å². The van der Waals surface area contributed by atoms with E-state index in [0.29, 0.717) is 23.6 Å². The zero-order chi connectivity index (χ0) is 23.5. The number of carbonyl (C=O) groups excluding carboxylic acids is 1. The molecule has 8 nitrogen and oxygen atoms in total. The predicted molar refractivity (Wildman–Crippen MR) is 117 cm³/mol. The number of nitrogens with one attached hydrogen (secondary N) is 1. The smallest absolute Gasteiger partial charge is 0.417 e. The quantitative estimate of drug-likeness (QED) is 0.526. The molecule has 1 fully saturated rings. The van der Waals surface area contributed by atoms with Crippen LogP contribution in [0.4, 0.5) is 25.5 Å². The van der Waals surface area contributed by atoms with Crippen molar-refractivity contribution in [2.45, 2.75) is 39.3 Å². The molecule has 33 heavy (non-hydrogen) atoms. The molecule has 1 aliphatic rings. The predicted octanol–water partition coefficient (Wildman–Crippen LogP) is 5.16. The Morgan fingerprint density at radius 3 is 2.67 bits per heavy atom. The van der Waals surface area contributed by atoms with Gasteiger partial charge in [0, 0.05) is 5.56 Å². The largest absolute Gasteiger partial charge is 0.454 e. The van der Waals surface area contributed by atoms with Gasteiger partial charge < -0.3 is 14.8 Å². The summed E-state index contributed by atoms with van der Waals surface area (Å²) in [7, 11) is 0. The van der Waals surface area contributed by atoms with Crippen LogP contribution in [-0.2, 0) is 4.74 Å². The van der Waals surface area contributed by atoms with Gasteiger partial charge in [-0.2, -0.15) is 19.3 Å². The average Bonchev–Trinajstić information content (AvgIpc) is 3.17. The molecule has 2 heterocycles. The lowest BCUT2D eigenvalue weighted by Gasteiger charge is -2.21. The van der Waals surface area contributed by atoms with Gasteiger partial charge >= 0.3 is 6.09 Å². The van der Waals surface area contributed by atoms with Crippen molar-refractivity contribution < 1.29 is 23.0 Å². The van der Waals surface area contributed by atoms with Crippen LogP contribution in [0, 0.1) is 18.6 Å². The van der Waals surface area contributed by atoms with Gasteiger partial charge in [0.05, 0.1) is 12.1 Å². The van der Waals surface area contributed by atoms with E-state index in [0.717, 1.165) is 6.07 Å². The van der Waals surface area contributed by atoms with Crippen LogP contribution in [0.1, 0.15) is 37.7 Å². The molecular formula is C23H23F2N5O3. The van der Waals surface area contributed by atoms with E-state index in [1.54, 1.807) is 44.2 Å². The van der Waals surface area contributed by atoms with Crippen LogP contribution in [-0.4, -0.2) is 33.7 Å². The Morgan fingerprint density at radius 2 is 1.94 bits per heavy atom. The summed E-state index contributed by atoms with van der Waals surface area (Å²) in [5, 5.41) is 3.07. The maximum atomic E-state index is 14.7. The number of cyclic esters (lactones) is 1. The summed E-state index contributed by atoms with van der Waals surface area (Å²) in [6.07, 6.45) is 0.149. The minimum atomic E-state index is -1.09. The van der Waals surface area contributed by atoms with Crippen molar-refractivity contribution >= 4 is 18.0 Å². The number of amides is 1. The van der Waals surface area contributed by atoms with Gasteiger partial charge in [-0.05, 0) is 38.5 Å². The number of nitrogens with zero attached hydrogens (tertiary/aromatic N) is 4. The van der Waals surface area contributed by atoms with E-state index in [1.165, 1.54) is 11.0 Å². The number of aromatic nitrogens is 3. The van der Waals surface area contributed by atoms with E-state index in [-0.39, 0.29) is 30.3 Å². The molecule has 1 aromatic heterocycles. The minimum absolute atomic E-state index is 0.164. The third kappa shape index (κ3) is 4.69. The number of hydrogen-bond acceptors (Lipinski definition) is 7. The Balaban J connectivity index is 1.64. The molecule has 0 spiro atoms. The van der Waals surface area contributed by atoms with Gasteiger partial charge in [0.1, 0.15) is 18.2 Å². The second kappa shape index (κ2) is 9.35. The molecule has 1 amide bonds.